The van der Waals surface area contributed by atoms with Crippen LogP contribution in [0.2, 0.25) is 0 Å². The quantitative estimate of drug-likeness (QED) is 0.707. The van der Waals surface area contributed by atoms with E-state index in [4.69, 9.17) is 5.73 Å². The van der Waals surface area contributed by atoms with Gasteiger partial charge in [0.05, 0.1) is 0 Å². The van der Waals surface area contributed by atoms with Gasteiger partial charge in [-0.25, -0.2) is 0 Å². The van der Waals surface area contributed by atoms with Crippen molar-refractivity contribution in [1.29, 1.82) is 0 Å². The summed E-state index contributed by atoms with van der Waals surface area (Å²) in [6.07, 6.45) is 0. The van der Waals surface area contributed by atoms with E-state index in [9.17, 15) is 0 Å². The summed E-state index contributed by atoms with van der Waals surface area (Å²) in [4.78, 5) is 2.21. The highest BCUT2D eigenvalue weighted by Gasteiger charge is 2.01. The summed E-state index contributed by atoms with van der Waals surface area (Å²) in [6.45, 7) is 4.02. The molecule has 0 aliphatic carbocycles. The molecule has 3 nitrogen and oxygen atoms in total. The van der Waals surface area contributed by atoms with Gasteiger partial charge in [-0.3, -0.25) is 0 Å². The molecule has 0 radical (unpaired) electrons. The molecular formula is C11H19N3. The SMILES string of the molecule is CNCCN(C)c1ccc(N)c(C)c1. The van der Waals surface area contributed by atoms with Gasteiger partial charge in [-0.2, -0.15) is 0 Å². The minimum absolute atomic E-state index is 0.857. The van der Waals surface area contributed by atoms with Crippen molar-refractivity contribution in [2.75, 3.05) is 37.8 Å². The topological polar surface area (TPSA) is 41.3 Å². The minimum atomic E-state index is 0.857. The van der Waals surface area contributed by atoms with Crippen LogP contribution in [-0.2, 0) is 0 Å². The molecule has 0 bridgehead atoms. The van der Waals surface area contributed by atoms with Crippen LogP contribution in [0.4, 0.5) is 11.4 Å². The molecule has 3 heteroatoms. The van der Waals surface area contributed by atoms with E-state index in [1.54, 1.807) is 0 Å². The molecule has 78 valence electrons. The van der Waals surface area contributed by atoms with E-state index in [2.05, 4.69) is 29.4 Å². The predicted octanol–water partition coefficient (Wildman–Crippen LogP) is 1.23. The average Bonchev–Trinajstić information content (AvgIpc) is 2.18. The van der Waals surface area contributed by atoms with Gasteiger partial charge in [-0.05, 0) is 37.7 Å². The number of rotatable bonds is 4. The number of nitrogens with two attached hydrogens (primary N) is 1. The highest BCUT2D eigenvalue weighted by Crippen LogP contribution is 2.18. The highest BCUT2D eigenvalue weighted by atomic mass is 15.1. The third-order valence-corrected chi connectivity index (χ3v) is 2.39. The molecule has 1 aromatic carbocycles. The third kappa shape index (κ3) is 2.64. The number of anilines is 2. The van der Waals surface area contributed by atoms with E-state index in [1.165, 1.54) is 5.69 Å². The summed E-state index contributed by atoms with van der Waals surface area (Å²) in [6, 6.07) is 6.13. The third-order valence-electron chi connectivity index (χ3n) is 2.39. The first kappa shape index (κ1) is 10.9. The smallest absolute Gasteiger partial charge is 0.0368 e. The predicted molar refractivity (Wildman–Crippen MR) is 62.8 cm³/mol. The molecule has 14 heavy (non-hydrogen) atoms. The number of nitrogens with zero attached hydrogens (tertiary/aromatic N) is 1. The van der Waals surface area contributed by atoms with E-state index in [0.717, 1.165) is 24.3 Å². The molecule has 0 aliphatic heterocycles. The van der Waals surface area contributed by atoms with Crippen molar-refractivity contribution in [3.05, 3.63) is 23.8 Å². The van der Waals surface area contributed by atoms with Crippen LogP contribution in [0, 0.1) is 6.92 Å². The zero-order chi connectivity index (χ0) is 10.6. The van der Waals surface area contributed by atoms with Crippen LogP contribution in [-0.4, -0.2) is 27.2 Å². The monoisotopic (exact) mass is 193 g/mol. The van der Waals surface area contributed by atoms with Gasteiger partial charge < -0.3 is 16.0 Å². The lowest BCUT2D eigenvalue weighted by Crippen LogP contribution is -2.27. The lowest BCUT2D eigenvalue weighted by atomic mass is 10.2. The number of benzene rings is 1. The van der Waals surface area contributed by atoms with Crippen LogP contribution in [0.3, 0.4) is 0 Å². The lowest BCUT2D eigenvalue weighted by Gasteiger charge is -2.19. The molecule has 0 fully saturated rings. The Balaban J connectivity index is 2.70. The Hall–Kier alpha value is -1.22. The van der Waals surface area contributed by atoms with Crippen molar-refractivity contribution in [3.63, 3.8) is 0 Å². The number of nitrogens with one attached hydrogen (secondary N) is 1. The number of aryl methyl sites for hydroxylation is 1. The second kappa shape index (κ2) is 4.86. The normalized spacial score (nSPS) is 10.2. The first-order valence-electron chi connectivity index (χ1n) is 4.87. The van der Waals surface area contributed by atoms with Crippen LogP contribution >= 0.6 is 0 Å². The Morgan fingerprint density at radius 1 is 1.43 bits per heavy atom. The molecule has 1 rings (SSSR count). The van der Waals surface area contributed by atoms with Crippen molar-refractivity contribution in [1.82, 2.24) is 5.32 Å². The zero-order valence-electron chi connectivity index (χ0n) is 9.17. The molecule has 0 spiro atoms. The molecule has 0 saturated heterocycles. The largest absolute Gasteiger partial charge is 0.399 e. The maximum absolute atomic E-state index is 5.76. The van der Waals surface area contributed by atoms with Crippen molar-refractivity contribution >= 4 is 11.4 Å². The Kier molecular flexibility index (Phi) is 3.77. The first-order chi connectivity index (χ1) is 6.65. The molecule has 0 heterocycles. The Labute approximate surface area is 85.9 Å². The Bertz CT molecular complexity index is 297. The van der Waals surface area contributed by atoms with Gasteiger partial charge in [-0.15, -0.1) is 0 Å². The molecule has 0 aliphatic rings. The summed E-state index contributed by atoms with van der Waals surface area (Å²) in [5.74, 6) is 0. The maximum atomic E-state index is 5.76. The molecular weight excluding hydrogens is 174 g/mol. The van der Waals surface area contributed by atoms with Crippen molar-refractivity contribution in [2.45, 2.75) is 6.92 Å². The lowest BCUT2D eigenvalue weighted by molar-refractivity contribution is 0.768. The molecule has 0 saturated carbocycles. The van der Waals surface area contributed by atoms with Gasteiger partial charge in [0.2, 0.25) is 0 Å². The Morgan fingerprint density at radius 3 is 2.71 bits per heavy atom. The van der Waals surface area contributed by atoms with E-state index < -0.39 is 0 Å². The van der Waals surface area contributed by atoms with Gasteiger partial charge in [0.25, 0.3) is 0 Å². The minimum Gasteiger partial charge on any atom is -0.399 e. The van der Waals surface area contributed by atoms with Gasteiger partial charge >= 0.3 is 0 Å². The summed E-state index contributed by atoms with van der Waals surface area (Å²) in [5.41, 5.74) is 8.97. The first-order valence-corrected chi connectivity index (χ1v) is 4.87. The summed E-state index contributed by atoms with van der Waals surface area (Å²) in [7, 11) is 4.05. The van der Waals surface area contributed by atoms with Gasteiger partial charge in [0, 0.05) is 31.5 Å². The number of nitrogen functional groups attached to an aromatic ring is 1. The van der Waals surface area contributed by atoms with Crippen LogP contribution in [0.1, 0.15) is 5.56 Å². The molecule has 0 amide bonds. The maximum Gasteiger partial charge on any atom is 0.0368 e. The van der Waals surface area contributed by atoms with Crippen LogP contribution in [0.25, 0.3) is 0 Å². The molecule has 3 N–H and O–H groups in total. The van der Waals surface area contributed by atoms with Crippen LogP contribution < -0.4 is 16.0 Å². The van der Waals surface area contributed by atoms with E-state index in [0.29, 0.717) is 0 Å². The second-order valence-electron chi connectivity index (χ2n) is 3.57. The van der Waals surface area contributed by atoms with Gasteiger partial charge in [-0.1, -0.05) is 0 Å². The Morgan fingerprint density at radius 2 is 2.14 bits per heavy atom. The molecule has 0 atom stereocenters. The van der Waals surface area contributed by atoms with E-state index in [1.807, 2.05) is 20.0 Å². The molecule has 1 aromatic rings. The van der Waals surface area contributed by atoms with E-state index in [-0.39, 0.29) is 0 Å². The van der Waals surface area contributed by atoms with Crippen molar-refractivity contribution < 1.29 is 0 Å². The standard InChI is InChI=1S/C11H19N3/c1-9-8-10(4-5-11(9)12)14(3)7-6-13-2/h4-5,8,13H,6-7,12H2,1-3H3. The number of likely N-dealkylation sites (N-methyl/N-ethyl adjacent to an activating group) is 2. The fourth-order valence-electron chi connectivity index (χ4n) is 1.31. The van der Waals surface area contributed by atoms with Crippen LogP contribution in [0.5, 0.6) is 0 Å². The summed E-state index contributed by atoms with van der Waals surface area (Å²) in [5, 5.41) is 3.13. The number of hydrogen-bond acceptors (Lipinski definition) is 3. The second-order valence-corrected chi connectivity index (χ2v) is 3.57. The highest BCUT2D eigenvalue weighted by molar-refractivity contribution is 5.57. The van der Waals surface area contributed by atoms with Gasteiger partial charge in [0.15, 0.2) is 0 Å². The fraction of sp³-hybridized carbons (Fsp3) is 0.455. The molecule has 0 aromatic heterocycles. The van der Waals surface area contributed by atoms with Crippen LogP contribution in [0.15, 0.2) is 18.2 Å². The van der Waals surface area contributed by atoms with E-state index >= 15 is 0 Å². The van der Waals surface area contributed by atoms with Crippen molar-refractivity contribution in [2.24, 2.45) is 0 Å². The zero-order valence-corrected chi connectivity index (χ0v) is 9.17. The fourth-order valence-corrected chi connectivity index (χ4v) is 1.31. The van der Waals surface area contributed by atoms with Gasteiger partial charge in [0.1, 0.15) is 0 Å². The molecule has 0 unspecified atom stereocenters. The summed E-state index contributed by atoms with van der Waals surface area (Å²) >= 11 is 0. The number of hydrogen-bond donors (Lipinski definition) is 2. The average molecular weight is 193 g/mol. The summed E-state index contributed by atoms with van der Waals surface area (Å²) < 4.78 is 0. The van der Waals surface area contributed by atoms with Crippen molar-refractivity contribution in [3.8, 4) is 0 Å².